The number of ether oxygens (including phenoxy) is 3. The highest BCUT2D eigenvalue weighted by Gasteiger charge is 2.16. The van der Waals surface area contributed by atoms with Gasteiger partial charge >= 0.3 is 6.03 Å². The molecule has 0 unspecified atom stereocenters. The molecule has 0 radical (unpaired) electrons. The molecule has 0 spiro atoms. The normalized spacial score (nSPS) is 15.9. The van der Waals surface area contributed by atoms with Crippen molar-refractivity contribution in [2.45, 2.75) is 12.8 Å². The van der Waals surface area contributed by atoms with Crippen molar-refractivity contribution in [2.75, 3.05) is 31.9 Å². The summed E-state index contributed by atoms with van der Waals surface area (Å²) in [5.41, 5.74) is 3.55. The van der Waals surface area contributed by atoms with Crippen molar-refractivity contribution >= 4 is 22.6 Å². The first-order valence-electron chi connectivity index (χ1n) is 10.2. The van der Waals surface area contributed by atoms with Gasteiger partial charge in [0.05, 0.1) is 5.52 Å². The second-order valence-electron chi connectivity index (χ2n) is 7.59. The smallest absolute Gasteiger partial charge is 0.319 e. The molecular formula is C23H23N3O4. The molecule has 2 N–H and O–H groups in total. The van der Waals surface area contributed by atoms with Crippen LogP contribution in [-0.2, 0) is 4.74 Å². The van der Waals surface area contributed by atoms with Crippen LogP contribution >= 0.6 is 0 Å². The van der Waals surface area contributed by atoms with Gasteiger partial charge in [-0.05, 0) is 54.7 Å². The Hall–Kier alpha value is -3.32. The number of benzene rings is 2. The van der Waals surface area contributed by atoms with Crippen LogP contribution in [0.1, 0.15) is 12.8 Å². The number of aromatic nitrogens is 1. The van der Waals surface area contributed by atoms with E-state index in [4.69, 9.17) is 14.2 Å². The number of fused-ring (bicyclic) bond motifs is 2. The molecular weight excluding hydrogens is 382 g/mol. The summed E-state index contributed by atoms with van der Waals surface area (Å²) in [5.74, 6) is 1.99. The number of carbonyl (C=O) groups is 1. The van der Waals surface area contributed by atoms with Gasteiger partial charge in [-0.3, -0.25) is 4.98 Å². The predicted molar refractivity (Wildman–Crippen MR) is 114 cm³/mol. The maximum Gasteiger partial charge on any atom is 0.319 e. The van der Waals surface area contributed by atoms with E-state index in [1.54, 1.807) is 0 Å². The molecule has 0 bridgehead atoms. The van der Waals surface area contributed by atoms with Crippen LogP contribution in [0.2, 0.25) is 0 Å². The van der Waals surface area contributed by atoms with Gasteiger partial charge in [-0.2, -0.15) is 0 Å². The number of carbonyl (C=O) groups excluding carboxylic acids is 1. The van der Waals surface area contributed by atoms with Gasteiger partial charge in [0.2, 0.25) is 6.79 Å². The minimum atomic E-state index is -0.196. The van der Waals surface area contributed by atoms with Gasteiger partial charge in [0.25, 0.3) is 0 Å². The van der Waals surface area contributed by atoms with Gasteiger partial charge in [-0.15, -0.1) is 0 Å². The van der Waals surface area contributed by atoms with E-state index in [9.17, 15) is 4.79 Å². The quantitative estimate of drug-likeness (QED) is 0.681. The van der Waals surface area contributed by atoms with Crippen LogP contribution in [0.4, 0.5) is 10.5 Å². The highest BCUT2D eigenvalue weighted by molar-refractivity contribution is 5.93. The third-order valence-electron chi connectivity index (χ3n) is 5.54. The molecule has 154 valence electrons. The average molecular weight is 405 g/mol. The highest BCUT2D eigenvalue weighted by Crippen LogP contribution is 2.36. The largest absolute Gasteiger partial charge is 0.454 e. The molecule has 7 nitrogen and oxygen atoms in total. The Bertz CT molecular complexity index is 1080. The Labute approximate surface area is 174 Å². The third kappa shape index (κ3) is 4.02. The number of amides is 2. The number of anilines is 1. The topological polar surface area (TPSA) is 81.7 Å². The zero-order chi connectivity index (χ0) is 20.3. The van der Waals surface area contributed by atoms with Crippen LogP contribution in [0, 0.1) is 5.92 Å². The summed E-state index contributed by atoms with van der Waals surface area (Å²) in [4.78, 5) is 16.8. The molecule has 7 heteroatoms. The molecule has 0 atom stereocenters. The second kappa shape index (κ2) is 8.20. The van der Waals surface area contributed by atoms with Crippen LogP contribution < -0.4 is 20.1 Å². The summed E-state index contributed by atoms with van der Waals surface area (Å²) in [7, 11) is 0. The minimum Gasteiger partial charge on any atom is -0.454 e. The van der Waals surface area contributed by atoms with E-state index < -0.39 is 0 Å². The van der Waals surface area contributed by atoms with Crippen molar-refractivity contribution in [2.24, 2.45) is 5.92 Å². The van der Waals surface area contributed by atoms with E-state index in [1.165, 1.54) is 0 Å². The monoisotopic (exact) mass is 405 g/mol. The lowest BCUT2D eigenvalue weighted by atomic mass is 10.0. The predicted octanol–water partition coefficient (Wildman–Crippen LogP) is 4.18. The molecule has 1 fully saturated rings. The van der Waals surface area contributed by atoms with Crippen LogP contribution in [0.15, 0.2) is 48.7 Å². The van der Waals surface area contributed by atoms with Crippen molar-refractivity contribution < 1.29 is 19.0 Å². The van der Waals surface area contributed by atoms with Gasteiger partial charge in [-0.1, -0.05) is 12.1 Å². The summed E-state index contributed by atoms with van der Waals surface area (Å²) in [5, 5.41) is 6.85. The summed E-state index contributed by atoms with van der Waals surface area (Å²) >= 11 is 0. The molecule has 1 aromatic heterocycles. The fraction of sp³-hybridized carbons (Fsp3) is 0.304. The second-order valence-corrected chi connectivity index (χ2v) is 7.59. The lowest BCUT2D eigenvalue weighted by Crippen LogP contribution is -2.35. The van der Waals surface area contributed by atoms with E-state index in [0.29, 0.717) is 12.5 Å². The van der Waals surface area contributed by atoms with Crippen LogP contribution in [0.25, 0.3) is 22.0 Å². The Morgan fingerprint density at radius 1 is 1.00 bits per heavy atom. The Kier molecular flexibility index (Phi) is 5.11. The maximum atomic E-state index is 12.2. The Morgan fingerprint density at radius 2 is 1.87 bits per heavy atom. The molecule has 0 saturated carbocycles. The summed E-state index contributed by atoms with van der Waals surface area (Å²) < 4.78 is 16.2. The van der Waals surface area contributed by atoms with E-state index in [2.05, 4.69) is 21.7 Å². The molecule has 1 saturated heterocycles. The molecule has 2 aliphatic heterocycles. The number of hydrogen-bond acceptors (Lipinski definition) is 5. The van der Waals surface area contributed by atoms with Crippen molar-refractivity contribution in [3.63, 3.8) is 0 Å². The lowest BCUT2D eigenvalue weighted by molar-refractivity contribution is 0.0671. The Morgan fingerprint density at radius 3 is 2.77 bits per heavy atom. The number of hydrogen-bond donors (Lipinski definition) is 2. The number of urea groups is 1. The van der Waals surface area contributed by atoms with Gasteiger partial charge in [0, 0.05) is 42.6 Å². The first kappa shape index (κ1) is 18.7. The molecule has 2 aromatic carbocycles. The Balaban J connectivity index is 1.27. The zero-order valence-corrected chi connectivity index (χ0v) is 16.5. The molecule has 30 heavy (non-hydrogen) atoms. The van der Waals surface area contributed by atoms with Gasteiger partial charge in [0.1, 0.15) is 0 Å². The van der Waals surface area contributed by atoms with Crippen LogP contribution in [0.3, 0.4) is 0 Å². The van der Waals surface area contributed by atoms with E-state index in [0.717, 1.165) is 65.3 Å². The van der Waals surface area contributed by atoms with E-state index in [1.807, 2.05) is 42.6 Å². The van der Waals surface area contributed by atoms with Crippen molar-refractivity contribution in [3.8, 4) is 22.6 Å². The lowest BCUT2D eigenvalue weighted by Gasteiger charge is -2.22. The fourth-order valence-corrected chi connectivity index (χ4v) is 3.80. The molecule has 2 amide bonds. The number of nitrogens with one attached hydrogen (secondary N) is 2. The molecule has 2 aliphatic rings. The van der Waals surface area contributed by atoms with E-state index in [-0.39, 0.29) is 12.8 Å². The highest BCUT2D eigenvalue weighted by atomic mass is 16.7. The SMILES string of the molecule is O=C(NCC1CCOCC1)Nc1ccc2cc(-c3ccc4c(c3)OCO4)cnc2c1. The number of nitrogens with zero attached hydrogens (tertiary/aromatic N) is 1. The molecule has 5 rings (SSSR count). The maximum absolute atomic E-state index is 12.2. The third-order valence-corrected chi connectivity index (χ3v) is 5.54. The zero-order valence-electron chi connectivity index (χ0n) is 16.5. The van der Waals surface area contributed by atoms with E-state index >= 15 is 0 Å². The molecule has 3 heterocycles. The average Bonchev–Trinajstić information content (AvgIpc) is 3.26. The van der Waals surface area contributed by atoms with Gasteiger partial charge in [-0.25, -0.2) is 4.79 Å². The van der Waals surface area contributed by atoms with Crippen molar-refractivity contribution in [3.05, 3.63) is 48.7 Å². The van der Waals surface area contributed by atoms with Crippen LogP contribution in [0.5, 0.6) is 11.5 Å². The van der Waals surface area contributed by atoms with Gasteiger partial charge < -0.3 is 24.8 Å². The number of rotatable bonds is 4. The van der Waals surface area contributed by atoms with Crippen molar-refractivity contribution in [1.29, 1.82) is 0 Å². The fourth-order valence-electron chi connectivity index (χ4n) is 3.80. The summed E-state index contributed by atoms with van der Waals surface area (Å²) in [6.07, 6.45) is 3.81. The van der Waals surface area contributed by atoms with Gasteiger partial charge in [0.15, 0.2) is 11.5 Å². The molecule has 3 aromatic rings. The van der Waals surface area contributed by atoms with Crippen molar-refractivity contribution in [1.82, 2.24) is 10.3 Å². The summed E-state index contributed by atoms with van der Waals surface area (Å²) in [6.45, 7) is 2.48. The molecule has 0 aliphatic carbocycles. The summed E-state index contributed by atoms with van der Waals surface area (Å²) in [6, 6.07) is 13.5. The first-order chi connectivity index (χ1) is 14.7. The standard InChI is InChI=1S/C23H23N3O4/c27-23(25-12-15-5-7-28-8-6-15)26-19-3-1-17-9-18(13-24-20(17)11-19)16-2-4-21-22(10-16)30-14-29-21/h1-4,9-11,13,15H,5-8,12,14H2,(H2,25,26,27). The minimum absolute atomic E-state index is 0.196. The number of pyridine rings is 1. The first-order valence-corrected chi connectivity index (χ1v) is 10.2. The van der Waals surface area contributed by atoms with Crippen LogP contribution in [-0.4, -0.2) is 37.6 Å².